The summed E-state index contributed by atoms with van der Waals surface area (Å²) in [5.41, 5.74) is 5.02. The van der Waals surface area contributed by atoms with Crippen LogP contribution in [0.2, 0.25) is 5.02 Å². The first-order valence-electron chi connectivity index (χ1n) is 6.60. The predicted molar refractivity (Wildman–Crippen MR) is 92.9 cm³/mol. The number of rotatable bonds is 5. The molecule has 3 nitrogen and oxygen atoms in total. The highest BCUT2D eigenvalue weighted by Gasteiger charge is 1.94. The maximum Gasteiger partial charge on any atom is 0.186 e. The molecule has 2 aromatic carbocycles. The maximum absolute atomic E-state index is 5.81. The number of hydrogen-bond acceptors (Lipinski definition) is 2. The van der Waals surface area contributed by atoms with Crippen LogP contribution in [0.3, 0.4) is 0 Å². The standard InChI is InChI=1S/C16H16ClN3S/c17-15-8-6-14(7-9-15)12-19-20-16(21)18-11-10-13-4-2-1-3-5-13/h1-9,12H,10-11H2,(H2,18,20,21). The Kier molecular flexibility index (Phi) is 6.19. The molecule has 2 N–H and O–H groups in total. The van der Waals surface area contributed by atoms with Gasteiger partial charge in [-0.1, -0.05) is 54.1 Å². The van der Waals surface area contributed by atoms with E-state index >= 15 is 0 Å². The number of halogens is 1. The van der Waals surface area contributed by atoms with Gasteiger partial charge in [0.1, 0.15) is 0 Å². The smallest absolute Gasteiger partial charge is 0.186 e. The summed E-state index contributed by atoms with van der Waals surface area (Å²) in [5.74, 6) is 0. The number of benzene rings is 2. The van der Waals surface area contributed by atoms with Gasteiger partial charge in [0.15, 0.2) is 5.11 Å². The Balaban J connectivity index is 1.69. The van der Waals surface area contributed by atoms with Crippen molar-refractivity contribution in [2.45, 2.75) is 6.42 Å². The van der Waals surface area contributed by atoms with Gasteiger partial charge < -0.3 is 5.32 Å². The zero-order valence-electron chi connectivity index (χ0n) is 11.4. The van der Waals surface area contributed by atoms with Crippen molar-refractivity contribution >= 4 is 35.1 Å². The van der Waals surface area contributed by atoms with Crippen LogP contribution < -0.4 is 10.7 Å². The van der Waals surface area contributed by atoms with Crippen molar-refractivity contribution in [3.63, 3.8) is 0 Å². The lowest BCUT2D eigenvalue weighted by Crippen LogP contribution is -2.33. The van der Waals surface area contributed by atoms with Gasteiger partial charge in [0.05, 0.1) is 6.21 Å². The van der Waals surface area contributed by atoms with Gasteiger partial charge in [-0.05, 0) is 41.9 Å². The van der Waals surface area contributed by atoms with Gasteiger partial charge in [-0.2, -0.15) is 5.10 Å². The Labute approximate surface area is 135 Å². The van der Waals surface area contributed by atoms with Gasteiger partial charge in [0, 0.05) is 11.6 Å². The third kappa shape index (κ3) is 5.94. The van der Waals surface area contributed by atoms with E-state index in [2.05, 4.69) is 28.0 Å². The second-order valence-electron chi connectivity index (χ2n) is 4.41. The van der Waals surface area contributed by atoms with Crippen molar-refractivity contribution in [3.05, 3.63) is 70.7 Å². The molecule has 5 heteroatoms. The molecule has 0 saturated carbocycles. The lowest BCUT2D eigenvalue weighted by atomic mass is 10.1. The first-order valence-corrected chi connectivity index (χ1v) is 7.39. The highest BCUT2D eigenvalue weighted by atomic mass is 35.5. The summed E-state index contributed by atoms with van der Waals surface area (Å²) < 4.78 is 0. The quantitative estimate of drug-likeness (QED) is 0.504. The van der Waals surface area contributed by atoms with Crippen LogP contribution in [0.5, 0.6) is 0 Å². The minimum absolute atomic E-state index is 0.510. The monoisotopic (exact) mass is 317 g/mol. The van der Waals surface area contributed by atoms with E-state index in [0.29, 0.717) is 10.1 Å². The normalized spacial score (nSPS) is 10.5. The molecule has 0 aliphatic heterocycles. The minimum Gasteiger partial charge on any atom is -0.361 e. The maximum atomic E-state index is 5.81. The van der Waals surface area contributed by atoms with E-state index < -0.39 is 0 Å². The van der Waals surface area contributed by atoms with E-state index in [4.69, 9.17) is 23.8 Å². The van der Waals surface area contributed by atoms with Crippen LogP contribution >= 0.6 is 23.8 Å². The van der Waals surface area contributed by atoms with Crippen molar-refractivity contribution in [3.8, 4) is 0 Å². The van der Waals surface area contributed by atoms with Gasteiger partial charge in [-0.3, -0.25) is 5.43 Å². The molecule has 108 valence electrons. The molecule has 0 aliphatic carbocycles. The molecule has 0 amide bonds. The molecule has 0 radical (unpaired) electrons. The fraction of sp³-hybridized carbons (Fsp3) is 0.125. The van der Waals surface area contributed by atoms with Gasteiger partial charge in [-0.15, -0.1) is 0 Å². The lowest BCUT2D eigenvalue weighted by molar-refractivity contribution is 0.838. The Morgan fingerprint density at radius 2 is 1.81 bits per heavy atom. The molecule has 0 heterocycles. The van der Waals surface area contributed by atoms with Crippen molar-refractivity contribution in [2.24, 2.45) is 5.10 Å². The highest BCUT2D eigenvalue weighted by molar-refractivity contribution is 7.80. The van der Waals surface area contributed by atoms with E-state index in [0.717, 1.165) is 18.5 Å². The second kappa shape index (κ2) is 8.39. The van der Waals surface area contributed by atoms with Crippen LogP contribution in [0.25, 0.3) is 0 Å². The second-order valence-corrected chi connectivity index (χ2v) is 5.26. The third-order valence-electron chi connectivity index (χ3n) is 2.79. The Bertz CT molecular complexity index is 597. The number of hydrogen-bond donors (Lipinski definition) is 2. The molecule has 2 rings (SSSR count). The summed E-state index contributed by atoms with van der Waals surface area (Å²) in [7, 11) is 0. The summed E-state index contributed by atoms with van der Waals surface area (Å²) in [6.45, 7) is 0.770. The van der Waals surface area contributed by atoms with Crippen molar-refractivity contribution in [2.75, 3.05) is 6.54 Å². The Morgan fingerprint density at radius 1 is 1.10 bits per heavy atom. The van der Waals surface area contributed by atoms with Crippen molar-refractivity contribution in [1.29, 1.82) is 0 Å². The van der Waals surface area contributed by atoms with E-state index in [1.165, 1.54) is 5.56 Å². The van der Waals surface area contributed by atoms with Crippen LogP contribution in [0.1, 0.15) is 11.1 Å². The number of nitrogens with zero attached hydrogens (tertiary/aromatic N) is 1. The van der Waals surface area contributed by atoms with Gasteiger partial charge in [-0.25, -0.2) is 0 Å². The first kappa shape index (κ1) is 15.5. The summed E-state index contributed by atoms with van der Waals surface area (Å²) in [5, 5.41) is 8.40. The predicted octanol–water partition coefficient (Wildman–Crippen LogP) is 3.38. The molecule has 0 aromatic heterocycles. The number of hydrazone groups is 1. The fourth-order valence-electron chi connectivity index (χ4n) is 1.72. The minimum atomic E-state index is 0.510. The van der Waals surface area contributed by atoms with Gasteiger partial charge in [0.25, 0.3) is 0 Å². The zero-order chi connectivity index (χ0) is 14.9. The van der Waals surface area contributed by atoms with E-state index in [9.17, 15) is 0 Å². The third-order valence-corrected chi connectivity index (χ3v) is 3.28. The average molecular weight is 318 g/mol. The molecule has 0 saturated heterocycles. The van der Waals surface area contributed by atoms with E-state index in [1.54, 1.807) is 6.21 Å². The number of nitrogens with one attached hydrogen (secondary N) is 2. The summed E-state index contributed by atoms with van der Waals surface area (Å²) in [6, 6.07) is 17.7. The first-order chi connectivity index (χ1) is 10.2. The van der Waals surface area contributed by atoms with E-state index in [-0.39, 0.29) is 0 Å². The molecule has 0 aliphatic rings. The molecule has 0 atom stereocenters. The SMILES string of the molecule is S=C(NCCc1ccccc1)NN=Cc1ccc(Cl)cc1. The van der Waals surface area contributed by atoms with Crippen LogP contribution in [-0.4, -0.2) is 17.9 Å². The highest BCUT2D eigenvalue weighted by Crippen LogP contribution is 2.07. The Hall–Kier alpha value is -1.91. The van der Waals surface area contributed by atoms with E-state index in [1.807, 2.05) is 42.5 Å². The van der Waals surface area contributed by atoms with Crippen LogP contribution in [-0.2, 0) is 6.42 Å². The lowest BCUT2D eigenvalue weighted by Gasteiger charge is -2.06. The largest absolute Gasteiger partial charge is 0.361 e. The summed E-state index contributed by atoms with van der Waals surface area (Å²) >= 11 is 11.0. The number of thiocarbonyl (C=S) groups is 1. The molecule has 0 bridgehead atoms. The van der Waals surface area contributed by atoms with Crippen LogP contribution in [0.15, 0.2) is 59.7 Å². The van der Waals surface area contributed by atoms with Gasteiger partial charge in [0.2, 0.25) is 0 Å². The molecule has 0 spiro atoms. The molecular formula is C16H16ClN3S. The summed E-state index contributed by atoms with van der Waals surface area (Å²) in [6.07, 6.45) is 2.62. The Morgan fingerprint density at radius 3 is 2.52 bits per heavy atom. The molecular weight excluding hydrogens is 302 g/mol. The molecule has 0 fully saturated rings. The van der Waals surface area contributed by atoms with Crippen molar-refractivity contribution < 1.29 is 0 Å². The topological polar surface area (TPSA) is 36.4 Å². The molecule has 21 heavy (non-hydrogen) atoms. The fourth-order valence-corrected chi connectivity index (χ4v) is 2.00. The van der Waals surface area contributed by atoms with Crippen molar-refractivity contribution in [1.82, 2.24) is 10.7 Å². The molecule has 2 aromatic rings. The average Bonchev–Trinajstić information content (AvgIpc) is 2.50. The summed E-state index contributed by atoms with van der Waals surface area (Å²) in [4.78, 5) is 0. The van der Waals surface area contributed by atoms with Crippen LogP contribution in [0, 0.1) is 0 Å². The van der Waals surface area contributed by atoms with Gasteiger partial charge >= 0.3 is 0 Å². The molecule has 0 unspecified atom stereocenters. The zero-order valence-corrected chi connectivity index (χ0v) is 13.0. The van der Waals surface area contributed by atoms with Crippen LogP contribution in [0.4, 0.5) is 0 Å².